The average Bonchev–Trinajstić information content (AvgIpc) is 2.97. The minimum atomic E-state index is -0.481. The Labute approximate surface area is 248 Å². The lowest BCUT2D eigenvalue weighted by Crippen LogP contribution is -2.30. The van der Waals surface area contributed by atoms with E-state index in [-0.39, 0.29) is 17.4 Å². The molecule has 0 bridgehead atoms. The molecular formula is C32H28ClN3O4S. The van der Waals surface area contributed by atoms with Crippen molar-refractivity contribution in [1.82, 2.24) is 5.32 Å². The Hall–Kier alpha value is -4.53. The molecule has 0 unspecified atom stereocenters. The second kappa shape index (κ2) is 14.2. The Kier molecular flexibility index (Phi) is 10.2. The van der Waals surface area contributed by atoms with Gasteiger partial charge in [-0.15, -0.1) is 11.8 Å². The van der Waals surface area contributed by atoms with Crippen LogP contribution in [0.25, 0.3) is 6.08 Å². The van der Waals surface area contributed by atoms with E-state index in [1.807, 2.05) is 43.3 Å². The molecule has 0 saturated heterocycles. The molecule has 0 spiro atoms. The van der Waals surface area contributed by atoms with E-state index >= 15 is 0 Å². The number of carbonyl (C=O) groups is 3. The summed E-state index contributed by atoms with van der Waals surface area (Å²) >= 11 is 7.36. The van der Waals surface area contributed by atoms with Crippen LogP contribution in [0, 0.1) is 6.92 Å². The van der Waals surface area contributed by atoms with Crippen LogP contribution in [0.4, 0.5) is 11.4 Å². The van der Waals surface area contributed by atoms with Crippen LogP contribution >= 0.6 is 23.4 Å². The van der Waals surface area contributed by atoms with Gasteiger partial charge in [-0.2, -0.15) is 0 Å². The van der Waals surface area contributed by atoms with Crippen LogP contribution in [0.15, 0.2) is 108 Å². The number of aryl methyl sites for hydroxylation is 1. The van der Waals surface area contributed by atoms with Crippen molar-refractivity contribution in [2.24, 2.45) is 0 Å². The number of carbonyl (C=O) groups excluding carboxylic acids is 3. The minimum Gasteiger partial charge on any atom is -0.495 e. The van der Waals surface area contributed by atoms with Gasteiger partial charge < -0.3 is 20.7 Å². The molecule has 208 valence electrons. The van der Waals surface area contributed by atoms with Gasteiger partial charge in [-0.25, -0.2) is 0 Å². The molecule has 3 N–H and O–H groups in total. The van der Waals surface area contributed by atoms with Crippen molar-refractivity contribution in [3.63, 3.8) is 0 Å². The number of amides is 3. The highest BCUT2D eigenvalue weighted by Gasteiger charge is 2.16. The lowest BCUT2D eigenvalue weighted by Gasteiger charge is -2.13. The molecule has 0 aromatic heterocycles. The van der Waals surface area contributed by atoms with E-state index in [1.54, 1.807) is 66.7 Å². The quantitative estimate of drug-likeness (QED) is 0.140. The first-order chi connectivity index (χ1) is 19.8. The molecule has 3 amide bonds. The molecule has 7 nitrogen and oxygen atoms in total. The van der Waals surface area contributed by atoms with Crippen LogP contribution in [0.3, 0.4) is 0 Å². The number of rotatable bonds is 10. The standard InChI is InChI=1S/C32H28ClN3O4S/c1-21-9-6-7-12-23(21)17-28(36-31(38)22-10-4-3-5-11-22)32(39)34-25-13-8-14-26(19-25)41-20-30(37)35-27-18-24(33)15-16-29(27)40-2/h3-19H,20H2,1-2H3,(H,34,39)(H,35,37)(H,36,38)/b28-17-. The SMILES string of the molecule is COc1ccc(Cl)cc1NC(=O)CSc1cccc(NC(=O)/C(=C/c2ccccc2C)NC(=O)c2ccccc2)c1. The summed E-state index contributed by atoms with van der Waals surface area (Å²) in [5, 5.41) is 8.90. The molecule has 0 saturated carbocycles. The maximum absolute atomic E-state index is 13.4. The Morgan fingerprint density at radius 3 is 2.39 bits per heavy atom. The molecule has 4 aromatic rings. The fourth-order valence-corrected chi connectivity index (χ4v) is 4.75. The van der Waals surface area contributed by atoms with E-state index in [2.05, 4.69) is 16.0 Å². The van der Waals surface area contributed by atoms with Crippen LogP contribution < -0.4 is 20.7 Å². The molecular weight excluding hydrogens is 558 g/mol. The van der Waals surface area contributed by atoms with Gasteiger partial charge in [0.05, 0.1) is 18.6 Å². The molecule has 0 fully saturated rings. The zero-order chi connectivity index (χ0) is 29.2. The highest BCUT2D eigenvalue weighted by molar-refractivity contribution is 8.00. The molecule has 0 aliphatic carbocycles. The Balaban J connectivity index is 1.46. The van der Waals surface area contributed by atoms with Crippen molar-refractivity contribution in [1.29, 1.82) is 0 Å². The number of halogens is 1. The largest absolute Gasteiger partial charge is 0.495 e. The van der Waals surface area contributed by atoms with Crippen molar-refractivity contribution < 1.29 is 19.1 Å². The molecule has 4 aromatic carbocycles. The normalized spacial score (nSPS) is 11.0. The van der Waals surface area contributed by atoms with Crippen molar-refractivity contribution in [2.45, 2.75) is 11.8 Å². The van der Waals surface area contributed by atoms with Gasteiger partial charge in [0.25, 0.3) is 11.8 Å². The van der Waals surface area contributed by atoms with Gasteiger partial charge >= 0.3 is 0 Å². The smallest absolute Gasteiger partial charge is 0.272 e. The summed E-state index contributed by atoms with van der Waals surface area (Å²) in [7, 11) is 1.52. The number of hydrogen-bond acceptors (Lipinski definition) is 5. The molecule has 0 aliphatic heterocycles. The first kappa shape index (κ1) is 29.5. The van der Waals surface area contributed by atoms with E-state index in [0.717, 1.165) is 16.0 Å². The third kappa shape index (κ3) is 8.48. The van der Waals surface area contributed by atoms with Crippen LogP contribution in [-0.4, -0.2) is 30.6 Å². The summed E-state index contributed by atoms with van der Waals surface area (Å²) < 4.78 is 5.28. The van der Waals surface area contributed by atoms with E-state index in [1.165, 1.54) is 18.9 Å². The van der Waals surface area contributed by atoms with Gasteiger partial charge in [0.15, 0.2) is 0 Å². The zero-order valence-corrected chi connectivity index (χ0v) is 24.0. The molecule has 9 heteroatoms. The number of nitrogens with one attached hydrogen (secondary N) is 3. The molecule has 0 radical (unpaired) electrons. The summed E-state index contributed by atoms with van der Waals surface area (Å²) in [4.78, 5) is 39.6. The Bertz CT molecular complexity index is 1590. The monoisotopic (exact) mass is 585 g/mol. The van der Waals surface area contributed by atoms with E-state index in [9.17, 15) is 14.4 Å². The van der Waals surface area contributed by atoms with Crippen molar-refractivity contribution >= 4 is 58.5 Å². The third-order valence-electron chi connectivity index (χ3n) is 5.91. The minimum absolute atomic E-state index is 0.0982. The summed E-state index contributed by atoms with van der Waals surface area (Å²) in [5.74, 6) is -0.486. The Morgan fingerprint density at radius 1 is 0.878 bits per heavy atom. The van der Waals surface area contributed by atoms with Gasteiger partial charge in [0.1, 0.15) is 11.4 Å². The highest BCUT2D eigenvalue weighted by atomic mass is 35.5. The maximum Gasteiger partial charge on any atom is 0.272 e. The fourth-order valence-electron chi connectivity index (χ4n) is 3.82. The molecule has 0 heterocycles. The second-order valence-electron chi connectivity index (χ2n) is 8.90. The van der Waals surface area contributed by atoms with E-state index < -0.39 is 11.8 Å². The summed E-state index contributed by atoms with van der Waals surface area (Å²) in [6, 6.07) is 28.4. The predicted octanol–water partition coefficient (Wildman–Crippen LogP) is 6.80. The number of methoxy groups -OCH3 is 1. The second-order valence-corrected chi connectivity index (χ2v) is 10.4. The van der Waals surface area contributed by atoms with E-state index in [4.69, 9.17) is 16.3 Å². The van der Waals surface area contributed by atoms with Crippen LogP contribution in [0.2, 0.25) is 5.02 Å². The van der Waals surface area contributed by atoms with Crippen molar-refractivity contribution in [2.75, 3.05) is 23.5 Å². The van der Waals surface area contributed by atoms with Gasteiger partial charge in [-0.1, -0.05) is 60.1 Å². The van der Waals surface area contributed by atoms with Gasteiger partial charge in [0, 0.05) is 21.2 Å². The first-order valence-corrected chi connectivity index (χ1v) is 14.0. The third-order valence-corrected chi connectivity index (χ3v) is 7.14. The van der Waals surface area contributed by atoms with Crippen LogP contribution in [0.1, 0.15) is 21.5 Å². The van der Waals surface area contributed by atoms with Crippen molar-refractivity contribution in [3.8, 4) is 5.75 Å². The topological polar surface area (TPSA) is 96.5 Å². The first-order valence-electron chi connectivity index (χ1n) is 12.6. The highest BCUT2D eigenvalue weighted by Crippen LogP contribution is 2.28. The van der Waals surface area contributed by atoms with E-state index in [0.29, 0.717) is 27.7 Å². The summed E-state index contributed by atoms with van der Waals surface area (Å²) in [5.41, 5.74) is 3.29. The maximum atomic E-state index is 13.4. The van der Waals surface area contributed by atoms with Gasteiger partial charge in [0.2, 0.25) is 5.91 Å². The predicted molar refractivity (Wildman–Crippen MR) is 165 cm³/mol. The number of thioether (sulfide) groups is 1. The molecule has 0 aliphatic rings. The molecule has 41 heavy (non-hydrogen) atoms. The van der Waals surface area contributed by atoms with Crippen molar-refractivity contribution in [3.05, 3.63) is 124 Å². The fraction of sp³-hybridized carbons (Fsp3) is 0.0938. The molecule has 4 rings (SSSR count). The zero-order valence-electron chi connectivity index (χ0n) is 22.4. The number of anilines is 2. The average molecular weight is 586 g/mol. The van der Waals surface area contributed by atoms with Gasteiger partial charge in [-0.3, -0.25) is 14.4 Å². The number of hydrogen-bond donors (Lipinski definition) is 3. The summed E-state index contributed by atoms with van der Waals surface area (Å²) in [6.45, 7) is 1.93. The van der Waals surface area contributed by atoms with Crippen LogP contribution in [0.5, 0.6) is 5.75 Å². The van der Waals surface area contributed by atoms with Crippen LogP contribution in [-0.2, 0) is 9.59 Å². The Morgan fingerprint density at radius 2 is 1.63 bits per heavy atom. The van der Waals surface area contributed by atoms with Gasteiger partial charge in [-0.05, 0) is 72.7 Å². The lowest BCUT2D eigenvalue weighted by atomic mass is 10.1. The molecule has 0 atom stereocenters. The number of ether oxygens (including phenoxy) is 1. The lowest BCUT2D eigenvalue weighted by molar-refractivity contribution is -0.114. The number of benzene rings is 4. The summed E-state index contributed by atoms with van der Waals surface area (Å²) in [6.07, 6.45) is 1.65.